The zero-order valence-corrected chi connectivity index (χ0v) is 33.0. The average molecular weight is 765 g/mol. The Hall–Kier alpha value is -7.94. The van der Waals surface area contributed by atoms with Crippen LogP contribution in [0.3, 0.4) is 0 Å². The number of hydrogen-bond acceptors (Lipinski definition) is 1. The summed E-state index contributed by atoms with van der Waals surface area (Å²) in [6.07, 6.45) is 0. The van der Waals surface area contributed by atoms with Crippen molar-refractivity contribution >= 4 is 49.6 Å². The van der Waals surface area contributed by atoms with Gasteiger partial charge in [-0.2, -0.15) is 0 Å². The van der Waals surface area contributed by atoms with Gasteiger partial charge >= 0.3 is 0 Å². The van der Waals surface area contributed by atoms with Gasteiger partial charge in [0, 0.05) is 33.5 Å². The van der Waals surface area contributed by atoms with Crippen molar-refractivity contribution in [2.75, 3.05) is 4.90 Å². The average Bonchev–Trinajstić information content (AvgIpc) is 3.67. The van der Waals surface area contributed by atoms with Crippen LogP contribution in [0.25, 0.3) is 82.8 Å². The summed E-state index contributed by atoms with van der Waals surface area (Å²) in [4.78, 5) is 2.40. The van der Waals surface area contributed by atoms with Crippen molar-refractivity contribution in [1.82, 2.24) is 4.57 Å². The summed E-state index contributed by atoms with van der Waals surface area (Å²) >= 11 is 0. The largest absolute Gasteiger partial charge is 0.310 e. The molecule has 2 heteroatoms. The molecule has 0 aliphatic carbocycles. The smallest absolute Gasteiger partial charge is 0.0547 e. The lowest BCUT2D eigenvalue weighted by atomic mass is 9.97. The molecule has 11 aromatic rings. The van der Waals surface area contributed by atoms with Crippen LogP contribution < -0.4 is 4.90 Å². The van der Waals surface area contributed by atoms with Gasteiger partial charge < -0.3 is 9.47 Å². The predicted octanol–water partition coefficient (Wildman–Crippen LogP) is 16.1. The van der Waals surface area contributed by atoms with Gasteiger partial charge in [0.2, 0.25) is 0 Å². The minimum absolute atomic E-state index is 1.09. The van der Waals surface area contributed by atoms with Crippen molar-refractivity contribution < 1.29 is 0 Å². The second-order valence-corrected chi connectivity index (χ2v) is 15.3. The first-order chi connectivity index (χ1) is 29.8. The van der Waals surface area contributed by atoms with Gasteiger partial charge in [-0.25, -0.2) is 0 Å². The van der Waals surface area contributed by atoms with Crippen molar-refractivity contribution in [3.63, 3.8) is 0 Å². The van der Waals surface area contributed by atoms with Crippen molar-refractivity contribution in [2.45, 2.75) is 0 Å². The van der Waals surface area contributed by atoms with Gasteiger partial charge in [-0.15, -0.1) is 0 Å². The molecule has 0 radical (unpaired) electrons. The Bertz CT molecular complexity index is 3280. The maximum absolute atomic E-state index is 2.40. The third kappa shape index (κ3) is 6.32. The highest BCUT2D eigenvalue weighted by Crippen LogP contribution is 2.43. The first-order valence-corrected chi connectivity index (χ1v) is 20.6. The summed E-state index contributed by atoms with van der Waals surface area (Å²) in [7, 11) is 0. The molecule has 0 spiro atoms. The quantitative estimate of drug-likeness (QED) is 0.150. The third-order valence-electron chi connectivity index (χ3n) is 11.8. The number of rotatable bonds is 8. The molecule has 0 fully saturated rings. The van der Waals surface area contributed by atoms with Gasteiger partial charge in [0.25, 0.3) is 0 Å². The van der Waals surface area contributed by atoms with Crippen LogP contribution in [-0.4, -0.2) is 4.57 Å². The normalized spacial score (nSPS) is 11.3. The molecule has 0 N–H and O–H groups in total. The van der Waals surface area contributed by atoms with E-state index in [2.05, 4.69) is 252 Å². The van der Waals surface area contributed by atoms with E-state index in [-0.39, 0.29) is 0 Å². The number of benzene rings is 10. The molecule has 0 aliphatic rings. The van der Waals surface area contributed by atoms with Gasteiger partial charge in [-0.05, 0) is 116 Å². The third-order valence-corrected chi connectivity index (χ3v) is 11.8. The zero-order valence-electron chi connectivity index (χ0n) is 33.0. The summed E-state index contributed by atoms with van der Waals surface area (Å²) in [5.74, 6) is 0. The minimum Gasteiger partial charge on any atom is -0.310 e. The van der Waals surface area contributed by atoms with Gasteiger partial charge in [0.15, 0.2) is 0 Å². The lowest BCUT2D eigenvalue weighted by Gasteiger charge is -2.27. The van der Waals surface area contributed by atoms with E-state index in [1.54, 1.807) is 0 Å². The Morgan fingerprint density at radius 3 is 1.45 bits per heavy atom. The molecule has 0 bridgehead atoms. The second kappa shape index (κ2) is 15.1. The minimum atomic E-state index is 1.09. The molecule has 0 amide bonds. The molecule has 0 atom stereocenters. The summed E-state index contributed by atoms with van der Waals surface area (Å²) in [6, 6.07) is 87.8. The number of nitrogens with zero attached hydrogens (tertiary/aromatic N) is 2. The first-order valence-electron chi connectivity index (χ1n) is 20.6. The van der Waals surface area contributed by atoms with Crippen LogP contribution in [0.15, 0.2) is 243 Å². The number of aromatic nitrogens is 1. The lowest BCUT2D eigenvalue weighted by Crippen LogP contribution is -2.10. The van der Waals surface area contributed by atoms with Crippen molar-refractivity contribution in [1.29, 1.82) is 0 Å². The molecular weight excluding hydrogens is 725 g/mol. The van der Waals surface area contributed by atoms with Gasteiger partial charge in [-0.3, -0.25) is 0 Å². The van der Waals surface area contributed by atoms with E-state index in [9.17, 15) is 0 Å². The summed E-state index contributed by atoms with van der Waals surface area (Å²) in [5.41, 5.74) is 16.4. The van der Waals surface area contributed by atoms with Gasteiger partial charge in [0.05, 0.1) is 11.0 Å². The van der Waals surface area contributed by atoms with Crippen LogP contribution in [0.4, 0.5) is 17.1 Å². The molecule has 0 aliphatic heterocycles. The van der Waals surface area contributed by atoms with E-state index in [1.807, 2.05) is 0 Å². The van der Waals surface area contributed by atoms with E-state index < -0.39 is 0 Å². The summed E-state index contributed by atoms with van der Waals surface area (Å²) < 4.78 is 2.39. The molecule has 0 unspecified atom stereocenters. The Morgan fingerprint density at radius 2 is 0.750 bits per heavy atom. The molecule has 0 saturated heterocycles. The van der Waals surface area contributed by atoms with Crippen LogP contribution in [0.5, 0.6) is 0 Å². The van der Waals surface area contributed by atoms with Crippen LogP contribution in [0, 0.1) is 0 Å². The molecule has 1 heterocycles. The zero-order chi connectivity index (χ0) is 39.8. The van der Waals surface area contributed by atoms with Crippen LogP contribution in [-0.2, 0) is 0 Å². The number of anilines is 3. The molecule has 282 valence electrons. The van der Waals surface area contributed by atoms with E-state index in [0.717, 1.165) is 22.7 Å². The van der Waals surface area contributed by atoms with Crippen LogP contribution in [0.1, 0.15) is 0 Å². The number of para-hydroxylation sites is 2. The predicted molar refractivity (Wildman–Crippen MR) is 255 cm³/mol. The molecule has 1 aromatic heterocycles. The molecule has 2 nitrogen and oxygen atoms in total. The second-order valence-electron chi connectivity index (χ2n) is 15.3. The SMILES string of the molecule is c1ccc(-c2ccc(-c3ccc(N(c4cccc(-c5cccc6ccccc56)c4)c4cccc(-c5cccc6c5c5ccccc5n6-c5ccccc5)c4)cc3)cc2)cc1. The Kier molecular flexibility index (Phi) is 8.87. The summed E-state index contributed by atoms with van der Waals surface area (Å²) in [5, 5.41) is 4.97. The number of fused-ring (bicyclic) bond motifs is 4. The van der Waals surface area contributed by atoms with Gasteiger partial charge in [-0.1, -0.05) is 182 Å². The molecule has 10 aromatic carbocycles. The standard InChI is InChI=1S/C58H40N2/c1-3-15-41(16-4-1)42-31-33-43(34-32-42)44-35-37-49(38-36-44)59(50-23-11-19-46(39-50)53-27-13-18-45-17-7-8-25-52(45)53)51-24-12-20-47(40-51)54-28-14-30-57-58(54)55-26-9-10-29-56(55)60(57)48-21-5-2-6-22-48/h1-40H. The highest BCUT2D eigenvalue weighted by Gasteiger charge is 2.19. The van der Waals surface area contributed by atoms with Gasteiger partial charge in [0.1, 0.15) is 0 Å². The maximum Gasteiger partial charge on any atom is 0.0547 e. The Morgan fingerprint density at radius 1 is 0.283 bits per heavy atom. The van der Waals surface area contributed by atoms with Crippen LogP contribution in [0.2, 0.25) is 0 Å². The molecule has 60 heavy (non-hydrogen) atoms. The fourth-order valence-electron chi connectivity index (χ4n) is 8.95. The van der Waals surface area contributed by atoms with E-state index in [4.69, 9.17) is 0 Å². The first kappa shape index (κ1) is 35.2. The van der Waals surface area contributed by atoms with E-state index >= 15 is 0 Å². The van der Waals surface area contributed by atoms with Crippen molar-refractivity contribution in [2.24, 2.45) is 0 Å². The highest BCUT2D eigenvalue weighted by molar-refractivity contribution is 6.16. The van der Waals surface area contributed by atoms with Crippen LogP contribution >= 0.6 is 0 Å². The molecular formula is C58H40N2. The fraction of sp³-hybridized carbons (Fsp3) is 0. The fourth-order valence-corrected chi connectivity index (χ4v) is 8.95. The Labute approximate surface area is 350 Å². The highest BCUT2D eigenvalue weighted by atomic mass is 15.1. The van der Waals surface area contributed by atoms with E-state index in [0.29, 0.717) is 0 Å². The topological polar surface area (TPSA) is 8.17 Å². The maximum atomic E-state index is 2.40. The molecule has 0 saturated carbocycles. The molecule has 11 rings (SSSR count). The van der Waals surface area contributed by atoms with Crippen molar-refractivity contribution in [3.05, 3.63) is 243 Å². The monoisotopic (exact) mass is 764 g/mol. The lowest BCUT2D eigenvalue weighted by molar-refractivity contribution is 1.18. The Balaban J connectivity index is 1.05. The number of hydrogen-bond donors (Lipinski definition) is 0. The van der Waals surface area contributed by atoms with E-state index in [1.165, 1.54) is 77.1 Å². The summed E-state index contributed by atoms with van der Waals surface area (Å²) in [6.45, 7) is 0. The van der Waals surface area contributed by atoms with Crippen molar-refractivity contribution in [3.8, 4) is 50.2 Å².